The fraction of sp³-hybridized carbons (Fsp3) is 0.556. The molecule has 2 aliphatic heterocycles. The van der Waals surface area contributed by atoms with Crippen molar-refractivity contribution in [2.24, 2.45) is 11.8 Å². The molecule has 3 N–H and O–H groups in total. The summed E-state index contributed by atoms with van der Waals surface area (Å²) in [5.74, 6) is -2.65. The lowest BCUT2D eigenvalue weighted by molar-refractivity contribution is -0.133. The molecule has 3 unspecified atom stereocenters. The Kier molecular flexibility index (Phi) is 11.4. The quantitative estimate of drug-likeness (QED) is 0.246. The zero-order chi connectivity index (χ0) is 34.8. The van der Waals surface area contributed by atoms with Gasteiger partial charge in [-0.25, -0.2) is 14.6 Å². The minimum Gasteiger partial charge on any atom is -0.478 e. The van der Waals surface area contributed by atoms with Crippen LogP contribution in [0.5, 0.6) is 0 Å². The van der Waals surface area contributed by atoms with Crippen LogP contribution in [0.4, 0.5) is 0 Å². The summed E-state index contributed by atoms with van der Waals surface area (Å²) in [7, 11) is 0. The number of aliphatic carboxylic acids is 2. The van der Waals surface area contributed by atoms with Crippen LogP contribution in [0, 0.1) is 11.8 Å². The smallest absolute Gasteiger partial charge is 0.334 e. The molecular formula is C36H45Cl2N5O5S. The number of dihydropyridines is 1. The van der Waals surface area contributed by atoms with Crippen molar-refractivity contribution in [3.05, 3.63) is 72.9 Å². The Morgan fingerprint density at radius 1 is 0.939 bits per heavy atom. The van der Waals surface area contributed by atoms with Gasteiger partial charge in [0.1, 0.15) is 0 Å². The molecular weight excluding hydrogens is 685 g/mol. The summed E-state index contributed by atoms with van der Waals surface area (Å²) in [6.07, 6.45) is 7.17. The van der Waals surface area contributed by atoms with Gasteiger partial charge in [-0.3, -0.25) is 9.69 Å². The number of carboxylic acids is 2. The predicted molar refractivity (Wildman–Crippen MR) is 191 cm³/mol. The van der Waals surface area contributed by atoms with Crippen molar-refractivity contribution in [2.75, 3.05) is 39.3 Å². The number of aromatic nitrogens is 1. The van der Waals surface area contributed by atoms with E-state index < -0.39 is 17.9 Å². The number of nitrogens with one attached hydrogen (secondary N) is 1. The second kappa shape index (κ2) is 15.5. The number of thiazole rings is 1. The van der Waals surface area contributed by atoms with Gasteiger partial charge in [0.05, 0.1) is 28.5 Å². The number of aryl methyl sites for hydroxylation is 1. The van der Waals surface area contributed by atoms with Crippen molar-refractivity contribution < 1.29 is 24.6 Å². The van der Waals surface area contributed by atoms with Gasteiger partial charge in [-0.2, -0.15) is 0 Å². The van der Waals surface area contributed by atoms with Crippen molar-refractivity contribution in [3.63, 3.8) is 0 Å². The first-order chi connectivity index (χ1) is 23.6. The third-order valence-electron chi connectivity index (χ3n) is 11.1. The van der Waals surface area contributed by atoms with Crippen LogP contribution in [0.1, 0.15) is 68.9 Å². The highest BCUT2D eigenvalue weighted by Crippen LogP contribution is 2.47. The molecule has 1 saturated heterocycles. The van der Waals surface area contributed by atoms with Gasteiger partial charge in [0.25, 0.3) is 0 Å². The lowest BCUT2D eigenvalue weighted by atomic mass is 9.78. The zero-order valence-electron chi connectivity index (χ0n) is 28.0. The van der Waals surface area contributed by atoms with E-state index in [0.717, 1.165) is 43.0 Å². The van der Waals surface area contributed by atoms with Crippen LogP contribution >= 0.6 is 34.5 Å². The number of allylic oxidation sites excluding steroid dienone is 1. The van der Waals surface area contributed by atoms with E-state index >= 15 is 0 Å². The van der Waals surface area contributed by atoms with E-state index in [9.17, 15) is 24.6 Å². The van der Waals surface area contributed by atoms with Gasteiger partial charge in [-0.15, -0.1) is 11.3 Å². The molecule has 0 radical (unpaired) electrons. The summed E-state index contributed by atoms with van der Waals surface area (Å²) in [6.45, 7) is 9.41. The van der Waals surface area contributed by atoms with Gasteiger partial charge in [0.15, 0.2) is 0 Å². The van der Waals surface area contributed by atoms with E-state index in [1.54, 1.807) is 24.4 Å². The van der Waals surface area contributed by atoms with Crippen LogP contribution in [-0.2, 0) is 20.8 Å². The molecule has 1 aromatic carbocycles. The molecule has 6 rings (SSSR count). The number of carbonyl (C=O) groups excluding carboxylic acids is 1. The number of rotatable bonds is 12. The molecule has 3 heterocycles. The Balaban J connectivity index is 1.21. The summed E-state index contributed by atoms with van der Waals surface area (Å²) >= 11 is 14.6. The molecule has 2 bridgehead atoms. The Hall–Kier alpha value is -2.96. The predicted octanol–water partition coefficient (Wildman–Crippen LogP) is 5.88. The SMILES string of the molecule is CCN(CC)C1C2CCC1CC(N1CCN(C(=O)CC3=C(C(=O)O)C(c4c(Cl)cccc4Cl)C(C(=O)O)=C(CCc4nccs4)N3)CC1)C2. The number of hydrogen-bond acceptors (Lipinski definition) is 8. The van der Waals surface area contributed by atoms with Crippen molar-refractivity contribution in [3.8, 4) is 0 Å². The van der Waals surface area contributed by atoms with E-state index in [1.165, 1.54) is 37.0 Å². The Labute approximate surface area is 301 Å². The van der Waals surface area contributed by atoms with Crippen molar-refractivity contribution in [1.29, 1.82) is 0 Å². The first-order valence-corrected chi connectivity index (χ1v) is 19.0. The Bertz CT molecular complexity index is 1580. The standard InChI is InChI=1S/C36H45Cl2N5O5S/c1-3-41(4-2)34-21-8-9-22(34)19-23(18-21)42-13-15-43(16-14-42)29(44)20-27-32(36(47)48)33(30-24(37)6-5-7-25(30)38)31(35(45)46)26(40-27)10-11-28-39-12-17-49-28/h5-7,12,17,21-23,33-34,40H,3-4,8-11,13-16,18-20H2,1-2H3,(H,45,46)(H,47,48). The molecule has 2 saturated carbocycles. The van der Waals surface area contributed by atoms with E-state index in [4.69, 9.17) is 23.2 Å². The third kappa shape index (κ3) is 7.42. The van der Waals surface area contributed by atoms with Crippen LogP contribution in [0.2, 0.25) is 10.0 Å². The normalized spacial score (nSPS) is 26.0. The lowest BCUT2D eigenvalue weighted by Crippen LogP contribution is -2.56. The fourth-order valence-corrected chi connectivity index (χ4v) is 10.2. The number of halogens is 2. The topological polar surface area (TPSA) is 126 Å². The first kappa shape index (κ1) is 35.9. The van der Waals surface area contributed by atoms with Crippen LogP contribution in [-0.4, -0.2) is 99.1 Å². The van der Waals surface area contributed by atoms with Gasteiger partial charge in [0.2, 0.25) is 5.91 Å². The third-order valence-corrected chi connectivity index (χ3v) is 12.6. The van der Waals surface area contributed by atoms with Gasteiger partial charge in [-0.05, 0) is 69.2 Å². The monoisotopic (exact) mass is 729 g/mol. The molecule has 13 heteroatoms. The summed E-state index contributed by atoms with van der Waals surface area (Å²) in [5.41, 5.74) is 0.274. The molecule has 3 atom stereocenters. The molecule has 2 aromatic rings. The minimum absolute atomic E-state index is 0.150. The van der Waals surface area contributed by atoms with Gasteiger partial charge < -0.3 is 25.3 Å². The van der Waals surface area contributed by atoms with E-state index in [2.05, 4.69) is 33.9 Å². The van der Waals surface area contributed by atoms with Crippen LogP contribution in [0.3, 0.4) is 0 Å². The number of carboxylic acid groups (broad SMARTS) is 2. The van der Waals surface area contributed by atoms with Crippen molar-refractivity contribution in [1.82, 2.24) is 25.0 Å². The summed E-state index contributed by atoms with van der Waals surface area (Å²) in [5, 5.41) is 27.1. The maximum atomic E-state index is 13.9. The summed E-state index contributed by atoms with van der Waals surface area (Å²) in [4.78, 5) is 51.1. The number of carbonyl (C=O) groups is 3. The number of benzene rings is 1. The zero-order valence-corrected chi connectivity index (χ0v) is 30.4. The average Bonchev–Trinajstić information content (AvgIpc) is 3.69. The highest BCUT2D eigenvalue weighted by atomic mass is 35.5. The van der Waals surface area contributed by atoms with Crippen LogP contribution in [0.25, 0.3) is 0 Å². The second-order valence-corrected chi connectivity index (χ2v) is 15.3. The number of piperazine rings is 1. The number of fused-ring (bicyclic) bond motifs is 2. The van der Waals surface area contributed by atoms with E-state index in [0.29, 0.717) is 37.3 Å². The highest BCUT2D eigenvalue weighted by Gasteiger charge is 2.46. The minimum atomic E-state index is -1.34. The Morgan fingerprint density at radius 3 is 2.10 bits per heavy atom. The molecule has 1 amide bonds. The van der Waals surface area contributed by atoms with Crippen molar-refractivity contribution in [2.45, 2.75) is 76.8 Å². The Morgan fingerprint density at radius 2 is 1.55 bits per heavy atom. The largest absolute Gasteiger partial charge is 0.478 e. The van der Waals surface area contributed by atoms with Crippen LogP contribution < -0.4 is 5.32 Å². The summed E-state index contributed by atoms with van der Waals surface area (Å²) in [6, 6.07) is 5.97. The average molecular weight is 731 g/mol. The molecule has 1 aromatic heterocycles. The van der Waals surface area contributed by atoms with Gasteiger partial charge >= 0.3 is 11.9 Å². The van der Waals surface area contributed by atoms with Crippen LogP contribution in [0.15, 0.2) is 52.3 Å². The maximum absolute atomic E-state index is 13.9. The van der Waals surface area contributed by atoms with Gasteiger partial charge in [0, 0.05) is 83.3 Å². The highest BCUT2D eigenvalue weighted by molar-refractivity contribution is 7.09. The number of nitrogens with zero attached hydrogens (tertiary/aromatic N) is 4. The summed E-state index contributed by atoms with van der Waals surface area (Å²) < 4.78 is 0. The number of amides is 1. The maximum Gasteiger partial charge on any atom is 0.334 e. The molecule has 4 aliphatic rings. The van der Waals surface area contributed by atoms with E-state index in [1.807, 2.05) is 10.3 Å². The molecule has 10 nitrogen and oxygen atoms in total. The van der Waals surface area contributed by atoms with Gasteiger partial charge in [-0.1, -0.05) is 43.1 Å². The molecule has 49 heavy (non-hydrogen) atoms. The molecule has 0 spiro atoms. The molecule has 264 valence electrons. The number of hydrogen-bond donors (Lipinski definition) is 3. The molecule has 3 fully saturated rings. The molecule has 2 aliphatic carbocycles. The first-order valence-electron chi connectivity index (χ1n) is 17.4. The van der Waals surface area contributed by atoms with E-state index in [-0.39, 0.29) is 51.2 Å². The second-order valence-electron chi connectivity index (χ2n) is 13.5. The van der Waals surface area contributed by atoms with Crippen molar-refractivity contribution >= 4 is 52.4 Å². The lowest BCUT2D eigenvalue weighted by Gasteiger charge is -2.47. The fourth-order valence-electron chi connectivity index (χ4n) is 8.94.